The van der Waals surface area contributed by atoms with Gasteiger partial charge in [0.2, 0.25) is 0 Å². The van der Waals surface area contributed by atoms with Crippen molar-refractivity contribution >= 4 is 34.2 Å². The number of ether oxygens (including phenoxy) is 1. The summed E-state index contributed by atoms with van der Waals surface area (Å²) >= 11 is 2.19. The molecule has 0 heterocycles. The highest BCUT2D eigenvalue weighted by molar-refractivity contribution is 14.1. The predicted molar refractivity (Wildman–Crippen MR) is 93.8 cm³/mol. The van der Waals surface area contributed by atoms with E-state index in [-0.39, 0.29) is 12.5 Å². The first-order chi connectivity index (χ1) is 10.1. The van der Waals surface area contributed by atoms with Crippen molar-refractivity contribution in [2.24, 2.45) is 0 Å². The normalized spacial score (nSPS) is 10.5. The second-order valence-corrected chi connectivity index (χ2v) is 6.17. The van der Waals surface area contributed by atoms with Crippen LogP contribution in [-0.4, -0.2) is 12.5 Å². The minimum absolute atomic E-state index is 0.00864. The standard InChI is InChI=1S/C17H18INO2/c1-12(2)13-7-3-6-10-16(13)21-11-17(20)19-15-9-5-4-8-14(15)18/h3-10,12H,11H2,1-2H3,(H,19,20). The minimum Gasteiger partial charge on any atom is -0.483 e. The summed E-state index contributed by atoms with van der Waals surface area (Å²) in [6.07, 6.45) is 0. The lowest BCUT2D eigenvalue weighted by Crippen LogP contribution is -2.21. The highest BCUT2D eigenvalue weighted by atomic mass is 127. The molecule has 0 radical (unpaired) electrons. The Bertz CT molecular complexity index is 626. The van der Waals surface area contributed by atoms with Crippen LogP contribution in [-0.2, 0) is 4.79 Å². The SMILES string of the molecule is CC(C)c1ccccc1OCC(=O)Nc1ccccc1I. The molecule has 2 aromatic carbocycles. The quantitative estimate of drug-likeness (QED) is 0.761. The summed E-state index contributed by atoms with van der Waals surface area (Å²) in [5.74, 6) is 0.974. The fraction of sp³-hybridized carbons (Fsp3) is 0.235. The Hall–Kier alpha value is -1.56. The Balaban J connectivity index is 1.97. The second kappa shape index (κ2) is 7.45. The molecule has 0 aromatic heterocycles. The Kier molecular flexibility index (Phi) is 5.61. The second-order valence-electron chi connectivity index (χ2n) is 5.01. The molecular formula is C17H18INO2. The number of carbonyl (C=O) groups is 1. The lowest BCUT2D eigenvalue weighted by Gasteiger charge is -2.14. The molecule has 4 heteroatoms. The van der Waals surface area contributed by atoms with Crippen molar-refractivity contribution in [2.75, 3.05) is 11.9 Å². The fourth-order valence-electron chi connectivity index (χ4n) is 1.98. The number of nitrogens with one attached hydrogen (secondary N) is 1. The maximum Gasteiger partial charge on any atom is 0.262 e. The summed E-state index contributed by atoms with van der Waals surface area (Å²) in [6.45, 7) is 4.22. The summed E-state index contributed by atoms with van der Waals surface area (Å²) < 4.78 is 6.66. The molecule has 1 amide bonds. The number of halogens is 1. The van der Waals surface area contributed by atoms with Gasteiger partial charge in [-0.15, -0.1) is 0 Å². The zero-order valence-electron chi connectivity index (χ0n) is 12.1. The smallest absolute Gasteiger partial charge is 0.262 e. The molecule has 0 atom stereocenters. The van der Waals surface area contributed by atoms with Gasteiger partial charge < -0.3 is 10.1 Å². The fourth-order valence-corrected chi connectivity index (χ4v) is 2.50. The van der Waals surface area contributed by atoms with Crippen LogP contribution < -0.4 is 10.1 Å². The van der Waals surface area contributed by atoms with Crippen molar-refractivity contribution in [3.8, 4) is 5.75 Å². The first-order valence-corrected chi connectivity index (χ1v) is 7.92. The number of amides is 1. The van der Waals surface area contributed by atoms with E-state index >= 15 is 0 Å². The van der Waals surface area contributed by atoms with E-state index in [9.17, 15) is 4.79 Å². The van der Waals surface area contributed by atoms with Crippen LogP contribution in [0, 0.1) is 3.57 Å². The topological polar surface area (TPSA) is 38.3 Å². The highest BCUT2D eigenvalue weighted by Gasteiger charge is 2.10. The molecule has 3 nitrogen and oxygen atoms in total. The molecule has 0 saturated heterocycles. The van der Waals surface area contributed by atoms with E-state index < -0.39 is 0 Å². The molecule has 0 spiro atoms. The zero-order valence-corrected chi connectivity index (χ0v) is 14.3. The summed E-state index contributed by atoms with van der Waals surface area (Å²) in [6, 6.07) is 15.5. The molecule has 0 saturated carbocycles. The van der Waals surface area contributed by atoms with Gasteiger partial charge in [0.1, 0.15) is 5.75 Å². The van der Waals surface area contributed by atoms with Crippen molar-refractivity contribution in [3.05, 3.63) is 57.7 Å². The maximum absolute atomic E-state index is 12.0. The van der Waals surface area contributed by atoms with E-state index in [0.29, 0.717) is 5.92 Å². The lowest BCUT2D eigenvalue weighted by molar-refractivity contribution is -0.118. The number of rotatable bonds is 5. The average molecular weight is 395 g/mol. The molecule has 0 unspecified atom stereocenters. The Morgan fingerprint density at radius 1 is 1.14 bits per heavy atom. The average Bonchev–Trinajstić information content (AvgIpc) is 2.48. The third kappa shape index (κ3) is 4.46. The van der Waals surface area contributed by atoms with Crippen LogP contribution >= 0.6 is 22.6 Å². The van der Waals surface area contributed by atoms with Crippen LogP contribution in [0.3, 0.4) is 0 Å². The Labute approximate surface area is 138 Å². The first kappa shape index (κ1) is 15.8. The monoisotopic (exact) mass is 395 g/mol. The lowest BCUT2D eigenvalue weighted by atomic mass is 10.0. The van der Waals surface area contributed by atoms with Crippen LogP contribution in [0.25, 0.3) is 0 Å². The minimum atomic E-state index is -0.155. The molecule has 2 aromatic rings. The molecule has 0 bridgehead atoms. The summed E-state index contributed by atoms with van der Waals surface area (Å²) in [7, 11) is 0. The van der Waals surface area contributed by atoms with Gasteiger partial charge >= 0.3 is 0 Å². The molecule has 0 aliphatic rings. The van der Waals surface area contributed by atoms with Gasteiger partial charge in [-0.3, -0.25) is 4.79 Å². The van der Waals surface area contributed by atoms with Gasteiger partial charge in [0.15, 0.2) is 6.61 Å². The van der Waals surface area contributed by atoms with E-state index in [4.69, 9.17) is 4.74 Å². The molecule has 1 N–H and O–H groups in total. The van der Waals surface area contributed by atoms with Crippen LogP contribution in [0.5, 0.6) is 5.75 Å². The van der Waals surface area contributed by atoms with E-state index in [1.165, 1.54) is 0 Å². The Morgan fingerprint density at radius 2 is 1.81 bits per heavy atom. The van der Waals surface area contributed by atoms with Gasteiger partial charge in [-0.1, -0.05) is 44.2 Å². The van der Waals surface area contributed by atoms with Crippen molar-refractivity contribution < 1.29 is 9.53 Å². The molecule has 21 heavy (non-hydrogen) atoms. The molecule has 110 valence electrons. The van der Waals surface area contributed by atoms with Gasteiger partial charge in [-0.2, -0.15) is 0 Å². The third-order valence-electron chi connectivity index (χ3n) is 3.05. The summed E-state index contributed by atoms with van der Waals surface area (Å²) in [4.78, 5) is 12.0. The van der Waals surface area contributed by atoms with Crippen molar-refractivity contribution in [3.63, 3.8) is 0 Å². The van der Waals surface area contributed by atoms with E-state index in [1.807, 2.05) is 48.5 Å². The van der Waals surface area contributed by atoms with Gasteiger partial charge in [0.05, 0.1) is 5.69 Å². The van der Waals surface area contributed by atoms with Gasteiger partial charge in [0.25, 0.3) is 5.91 Å². The number of anilines is 1. The molecular weight excluding hydrogens is 377 g/mol. The maximum atomic E-state index is 12.0. The van der Waals surface area contributed by atoms with Crippen molar-refractivity contribution in [1.82, 2.24) is 0 Å². The third-order valence-corrected chi connectivity index (χ3v) is 3.99. The summed E-state index contributed by atoms with van der Waals surface area (Å²) in [5, 5.41) is 2.86. The van der Waals surface area contributed by atoms with Crippen LogP contribution in [0.15, 0.2) is 48.5 Å². The highest BCUT2D eigenvalue weighted by Crippen LogP contribution is 2.25. The van der Waals surface area contributed by atoms with Crippen LogP contribution in [0.4, 0.5) is 5.69 Å². The van der Waals surface area contributed by atoms with Crippen LogP contribution in [0.2, 0.25) is 0 Å². The number of hydrogen-bond acceptors (Lipinski definition) is 2. The number of benzene rings is 2. The van der Waals surface area contributed by atoms with E-state index in [2.05, 4.69) is 41.8 Å². The van der Waals surface area contributed by atoms with Crippen molar-refractivity contribution in [1.29, 1.82) is 0 Å². The van der Waals surface area contributed by atoms with Gasteiger partial charge in [0, 0.05) is 3.57 Å². The zero-order chi connectivity index (χ0) is 15.2. The molecule has 0 aliphatic heterocycles. The molecule has 0 fully saturated rings. The first-order valence-electron chi connectivity index (χ1n) is 6.84. The number of hydrogen-bond donors (Lipinski definition) is 1. The predicted octanol–water partition coefficient (Wildman–Crippen LogP) is 4.43. The van der Waals surface area contributed by atoms with E-state index in [0.717, 1.165) is 20.6 Å². The van der Waals surface area contributed by atoms with Crippen LogP contribution in [0.1, 0.15) is 25.3 Å². The summed E-state index contributed by atoms with van der Waals surface area (Å²) in [5.41, 5.74) is 1.92. The number of para-hydroxylation sites is 2. The molecule has 0 aliphatic carbocycles. The van der Waals surface area contributed by atoms with Crippen molar-refractivity contribution in [2.45, 2.75) is 19.8 Å². The molecule has 2 rings (SSSR count). The largest absolute Gasteiger partial charge is 0.483 e. The van der Waals surface area contributed by atoms with E-state index in [1.54, 1.807) is 0 Å². The number of carbonyl (C=O) groups excluding carboxylic acids is 1. The van der Waals surface area contributed by atoms with Gasteiger partial charge in [-0.25, -0.2) is 0 Å². The Morgan fingerprint density at radius 3 is 2.52 bits per heavy atom. The van der Waals surface area contributed by atoms with Gasteiger partial charge in [-0.05, 0) is 52.3 Å².